The smallest absolute Gasteiger partial charge is 0.371 e. The topological polar surface area (TPSA) is 50.7 Å². The number of carbonyl (C=O) groups is 1. The van der Waals surface area contributed by atoms with Gasteiger partial charge in [0.05, 0.1) is 6.61 Å². The molecule has 0 aromatic rings. The van der Waals surface area contributed by atoms with Crippen molar-refractivity contribution in [1.82, 2.24) is 5.32 Å². The lowest BCUT2D eigenvalue weighted by Crippen LogP contribution is -2.46. The highest BCUT2D eigenvalue weighted by atomic mass is 35.5. The molecular formula is C7H8Cl2N2O2. The Labute approximate surface area is 85.6 Å². The van der Waals surface area contributed by atoms with Gasteiger partial charge in [0.15, 0.2) is 0 Å². The van der Waals surface area contributed by atoms with E-state index in [1.54, 1.807) is 6.92 Å². The third-order valence-electron chi connectivity index (χ3n) is 1.30. The van der Waals surface area contributed by atoms with Gasteiger partial charge in [0.1, 0.15) is 5.16 Å². The molecule has 1 aliphatic rings. The molecule has 1 atom stereocenters. The normalized spacial score (nSPS) is 26.2. The molecule has 1 N–H and O–H groups in total. The van der Waals surface area contributed by atoms with Gasteiger partial charge in [0, 0.05) is 6.21 Å². The molecule has 0 saturated carbocycles. The first-order valence-electron chi connectivity index (χ1n) is 3.64. The summed E-state index contributed by atoms with van der Waals surface area (Å²) in [5.41, 5.74) is 0. The Balaban J connectivity index is 2.73. The highest BCUT2D eigenvalue weighted by Crippen LogP contribution is 2.20. The zero-order valence-electron chi connectivity index (χ0n) is 6.88. The molecule has 6 heteroatoms. The van der Waals surface area contributed by atoms with Gasteiger partial charge in [-0.05, 0) is 13.0 Å². The van der Waals surface area contributed by atoms with Crippen molar-refractivity contribution in [1.29, 1.82) is 0 Å². The first-order valence-corrected chi connectivity index (χ1v) is 4.39. The van der Waals surface area contributed by atoms with Gasteiger partial charge in [-0.15, -0.1) is 0 Å². The fourth-order valence-corrected chi connectivity index (χ4v) is 1.22. The van der Waals surface area contributed by atoms with Crippen molar-refractivity contribution in [2.45, 2.75) is 12.0 Å². The van der Waals surface area contributed by atoms with Crippen molar-refractivity contribution >= 4 is 35.4 Å². The Morgan fingerprint density at radius 1 is 1.85 bits per heavy atom. The maximum Gasteiger partial charge on any atom is 0.371 e. The van der Waals surface area contributed by atoms with E-state index in [2.05, 4.69) is 10.3 Å². The average molecular weight is 223 g/mol. The van der Waals surface area contributed by atoms with Gasteiger partial charge in [0.25, 0.3) is 0 Å². The molecule has 72 valence electrons. The Morgan fingerprint density at radius 3 is 3.08 bits per heavy atom. The van der Waals surface area contributed by atoms with Crippen LogP contribution in [0, 0.1) is 0 Å². The predicted molar refractivity (Wildman–Crippen MR) is 50.8 cm³/mol. The lowest BCUT2D eigenvalue weighted by Gasteiger charge is -2.23. The van der Waals surface area contributed by atoms with Gasteiger partial charge in [0.2, 0.25) is 0 Å². The first-order chi connectivity index (χ1) is 6.08. The zero-order chi connectivity index (χ0) is 9.90. The molecule has 0 fully saturated rings. The maximum atomic E-state index is 11.2. The molecular weight excluding hydrogens is 215 g/mol. The van der Waals surface area contributed by atoms with Crippen molar-refractivity contribution < 1.29 is 9.53 Å². The molecule has 0 aliphatic carbocycles. The van der Waals surface area contributed by atoms with E-state index in [0.29, 0.717) is 0 Å². The number of allylic oxidation sites excluding steroid dienone is 1. The van der Waals surface area contributed by atoms with E-state index in [9.17, 15) is 4.79 Å². The quantitative estimate of drug-likeness (QED) is 0.434. The number of nitrogens with zero attached hydrogens (tertiary/aromatic N) is 1. The van der Waals surface area contributed by atoms with Crippen LogP contribution in [0.3, 0.4) is 0 Å². The van der Waals surface area contributed by atoms with E-state index >= 15 is 0 Å². The number of nitrogens with one attached hydrogen (secondary N) is 1. The van der Waals surface area contributed by atoms with Crippen LogP contribution < -0.4 is 5.32 Å². The SMILES string of the molecule is CCOC(=O)C1(Cl)N=CC=C(Cl)N1. The van der Waals surface area contributed by atoms with E-state index in [4.69, 9.17) is 27.9 Å². The van der Waals surface area contributed by atoms with Gasteiger partial charge in [-0.1, -0.05) is 23.2 Å². The molecule has 0 saturated heterocycles. The molecule has 1 rings (SSSR count). The molecule has 0 radical (unpaired) electrons. The van der Waals surface area contributed by atoms with Gasteiger partial charge >= 0.3 is 11.1 Å². The van der Waals surface area contributed by atoms with E-state index in [0.717, 1.165) is 0 Å². The largest absolute Gasteiger partial charge is 0.462 e. The van der Waals surface area contributed by atoms with Gasteiger partial charge < -0.3 is 10.1 Å². The number of aliphatic imine (C=N–C) groups is 1. The second-order valence-electron chi connectivity index (χ2n) is 2.26. The summed E-state index contributed by atoms with van der Waals surface area (Å²) in [6, 6.07) is 0. The predicted octanol–water partition coefficient (Wildman–Crippen LogP) is 1.20. The van der Waals surface area contributed by atoms with Gasteiger partial charge in [-0.3, -0.25) is 0 Å². The lowest BCUT2D eigenvalue weighted by atomic mass is 10.4. The van der Waals surface area contributed by atoms with Crippen LogP contribution in [0.4, 0.5) is 0 Å². The third-order valence-corrected chi connectivity index (χ3v) is 1.87. The Hall–Kier alpha value is -0.740. The van der Waals surface area contributed by atoms with E-state index in [1.165, 1.54) is 12.3 Å². The minimum atomic E-state index is -1.61. The first kappa shape index (κ1) is 10.3. The molecule has 4 nitrogen and oxygen atoms in total. The highest BCUT2D eigenvalue weighted by Gasteiger charge is 2.38. The van der Waals surface area contributed by atoms with Crippen LogP contribution in [0.15, 0.2) is 16.2 Å². The highest BCUT2D eigenvalue weighted by molar-refractivity contribution is 6.37. The molecule has 0 bridgehead atoms. The van der Waals surface area contributed by atoms with Crippen molar-refractivity contribution in [2.75, 3.05) is 6.61 Å². The van der Waals surface area contributed by atoms with E-state index < -0.39 is 11.1 Å². The summed E-state index contributed by atoms with van der Waals surface area (Å²) in [4.78, 5) is 15.0. The molecule has 1 aliphatic heterocycles. The lowest BCUT2D eigenvalue weighted by molar-refractivity contribution is -0.146. The zero-order valence-corrected chi connectivity index (χ0v) is 8.39. The second kappa shape index (κ2) is 3.98. The number of carbonyl (C=O) groups excluding carboxylic acids is 1. The summed E-state index contributed by atoms with van der Waals surface area (Å²) in [5, 5.41) is 1.14. The summed E-state index contributed by atoms with van der Waals surface area (Å²) in [5.74, 6) is -0.667. The Morgan fingerprint density at radius 2 is 2.54 bits per heavy atom. The van der Waals surface area contributed by atoms with Crippen LogP contribution in [0.25, 0.3) is 0 Å². The summed E-state index contributed by atoms with van der Waals surface area (Å²) < 4.78 is 4.70. The summed E-state index contributed by atoms with van der Waals surface area (Å²) in [6.07, 6.45) is 2.84. The van der Waals surface area contributed by atoms with Gasteiger partial charge in [-0.2, -0.15) is 0 Å². The molecule has 13 heavy (non-hydrogen) atoms. The van der Waals surface area contributed by atoms with Crippen molar-refractivity contribution in [3.8, 4) is 0 Å². The van der Waals surface area contributed by atoms with E-state index in [1.807, 2.05) is 0 Å². The van der Waals surface area contributed by atoms with Crippen LogP contribution in [-0.4, -0.2) is 23.9 Å². The molecule has 0 aromatic heterocycles. The minimum absolute atomic E-state index is 0.242. The Bertz CT molecular complexity index is 278. The molecule has 0 aromatic carbocycles. The van der Waals surface area contributed by atoms with Crippen molar-refractivity contribution in [3.05, 3.63) is 11.2 Å². The number of alkyl halides is 1. The fraction of sp³-hybridized carbons (Fsp3) is 0.429. The second-order valence-corrected chi connectivity index (χ2v) is 3.21. The fourth-order valence-electron chi connectivity index (χ4n) is 0.768. The number of esters is 1. The van der Waals surface area contributed by atoms with Crippen LogP contribution in [0.2, 0.25) is 0 Å². The number of hydrogen-bond donors (Lipinski definition) is 1. The standard InChI is InChI=1S/C7H8Cl2N2O2/c1-2-13-6(12)7(9)10-4-3-5(8)11-7/h3-4,11H,2H2,1H3. The van der Waals surface area contributed by atoms with Gasteiger partial charge in [-0.25, -0.2) is 9.79 Å². The number of halogens is 2. The third kappa shape index (κ3) is 2.35. The maximum absolute atomic E-state index is 11.2. The van der Waals surface area contributed by atoms with Crippen molar-refractivity contribution in [3.63, 3.8) is 0 Å². The van der Waals surface area contributed by atoms with Crippen LogP contribution in [0.5, 0.6) is 0 Å². The summed E-state index contributed by atoms with van der Waals surface area (Å²) in [6.45, 7) is 1.92. The van der Waals surface area contributed by atoms with Crippen LogP contribution in [-0.2, 0) is 9.53 Å². The average Bonchev–Trinajstić information content (AvgIpc) is 2.04. The number of hydrogen-bond acceptors (Lipinski definition) is 4. The molecule has 0 spiro atoms. The Kier molecular flexibility index (Phi) is 3.17. The number of rotatable bonds is 2. The number of ether oxygens (including phenoxy) is 1. The van der Waals surface area contributed by atoms with Crippen molar-refractivity contribution in [2.24, 2.45) is 4.99 Å². The molecule has 1 unspecified atom stereocenters. The monoisotopic (exact) mass is 222 g/mol. The van der Waals surface area contributed by atoms with E-state index in [-0.39, 0.29) is 11.8 Å². The molecule has 0 amide bonds. The van der Waals surface area contributed by atoms with Crippen LogP contribution >= 0.6 is 23.2 Å². The summed E-state index contributed by atoms with van der Waals surface area (Å²) >= 11 is 11.4. The van der Waals surface area contributed by atoms with Crippen LogP contribution in [0.1, 0.15) is 6.92 Å². The minimum Gasteiger partial charge on any atom is -0.462 e. The summed E-state index contributed by atoms with van der Waals surface area (Å²) in [7, 11) is 0. The molecule has 1 heterocycles.